The van der Waals surface area contributed by atoms with Gasteiger partial charge in [-0.1, -0.05) is 106 Å². The minimum Gasteiger partial charge on any atom is -0.497 e. The predicted molar refractivity (Wildman–Crippen MR) is 228 cm³/mol. The molecule has 3 aromatic heterocycles. The molecule has 0 spiro atoms. The number of anilines is 1. The van der Waals surface area contributed by atoms with Gasteiger partial charge in [0.25, 0.3) is 0 Å². The van der Waals surface area contributed by atoms with Gasteiger partial charge in [0.1, 0.15) is 29.3 Å². The highest BCUT2D eigenvalue weighted by Crippen LogP contribution is 2.45. The molecule has 59 heavy (non-hydrogen) atoms. The van der Waals surface area contributed by atoms with Gasteiger partial charge in [0, 0.05) is 11.8 Å². The highest BCUT2D eigenvalue weighted by atomic mass is 35.5. The van der Waals surface area contributed by atoms with Crippen LogP contribution in [-0.2, 0) is 10.0 Å². The van der Waals surface area contributed by atoms with Crippen LogP contribution in [0.5, 0.6) is 11.5 Å². The van der Waals surface area contributed by atoms with Gasteiger partial charge in [-0.15, -0.1) is 0 Å². The second kappa shape index (κ2) is 16.6. The van der Waals surface area contributed by atoms with Crippen LogP contribution in [0.4, 0.5) is 5.82 Å². The Morgan fingerprint density at radius 3 is 1.86 bits per heavy atom. The lowest BCUT2D eigenvalue weighted by molar-refractivity contribution is 0.00717. The zero-order chi connectivity index (χ0) is 41.3. The van der Waals surface area contributed by atoms with E-state index in [0.29, 0.717) is 23.4 Å². The number of nitrogens with one attached hydrogen (secondary N) is 1. The number of nitrogens with zero attached hydrogens (tertiary/aromatic N) is 6. The van der Waals surface area contributed by atoms with Crippen LogP contribution in [0.1, 0.15) is 73.1 Å². The number of rotatable bonds is 13. The number of benzene rings is 4. The van der Waals surface area contributed by atoms with Crippen molar-refractivity contribution in [3.63, 3.8) is 0 Å². The number of aliphatic hydroxyl groups excluding tert-OH is 2. The first-order valence-corrected chi connectivity index (χ1v) is 20.7. The summed E-state index contributed by atoms with van der Waals surface area (Å²) >= 11 is 6.63. The smallest absolute Gasteiger partial charge is 0.237 e. The summed E-state index contributed by atoms with van der Waals surface area (Å²) in [6.07, 6.45) is 3.35. The van der Waals surface area contributed by atoms with Crippen molar-refractivity contribution in [3.05, 3.63) is 161 Å². The van der Waals surface area contributed by atoms with E-state index < -0.39 is 29.9 Å². The van der Waals surface area contributed by atoms with Gasteiger partial charge < -0.3 is 34.0 Å². The Kier molecular flexibility index (Phi) is 11.3. The quantitative estimate of drug-likeness (QED) is 0.0775. The standard InChI is InChI=1S/C45H46ClN7O5Si/c1-44(2,3)59-58-45(30-12-8-6-9-13-30,31-14-10-7-11-15-31)32-25-48-53(26-32)36-24-35(39(54)40(36)55)52-27-47-38-41(50-43(46)51-42(38)52)49-37(28-16-20-33(56-4)21-17-28)29-18-22-34(57-5)23-19-29/h6-23,25-27,35-37,39-40,54-55H,24H2,1-5H3,(H,49,50,51)/t35-,36+,39+,40-/m1/s1. The molecule has 4 aromatic carbocycles. The van der Waals surface area contributed by atoms with Gasteiger partial charge in [0.05, 0.1) is 44.9 Å². The molecule has 1 saturated carbocycles. The summed E-state index contributed by atoms with van der Waals surface area (Å²) in [5.41, 5.74) is 4.50. The van der Waals surface area contributed by atoms with Gasteiger partial charge >= 0.3 is 0 Å². The van der Waals surface area contributed by atoms with Gasteiger partial charge in [0.2, 0.25) is 15.0 Å². The number of aliphatic hydroxyl groups is 2. The van der Waals surface area contributed by atoms with Crippen molar-refractivity contribution < 1.29 is 24.1 Å². The molecule has 0 aliphatic heterocycles. The van der Waals surface area contributed by atoms with Crippen molar-refractivity contribution in [1.29, 1.82) is 0 Å². The van der Waals surface area contributed by atoms with E-state index in [9.17, 15) is 10.2 Å². The van der Waals surface area contributed by atoms with Crippen LogP contribution in [0.15, 0.2) is 128 Å². The summed E-state index contributed by atoms with van der Waals surface area (Å²) in [6, 6.07) is 34.3. The van der Waals surface area contributed by atoms with Crippen molar-refractivity contribution in [3.8, 4) is 11.5 Å². The zero-order valence-electron chi connectivity index (χ0n) is 33.4. The summed E-state index contributed by atoms with van der Waals surface area (Å²) in [5, 5.41) is 31.7. The second-order valence-electron chi connectivity index (χ2n) is 15.7. The molecule has 0 bridgehead atoms. The lowest BCUT2D eigenvalue weighted by Crippen LogP contribution is -2.36. The maximum Gasteiger partial charge on any atom is 0.237 e. The first kappa shape index (κ1) is 40.2. The highest BCUT2D eigenvalue weighted by Gasteiger charge is 2.46. The van der Waals surface area contributed by atoms with Crippen LogP contribution in [0, 0.1) is 0 Å². The molecule has 302 valence electrons. The summed E-state index contributed by atoms with van der Waals surface area (Å²) in [5.74, 6) is 1.87. The predicted octanol–water partition coefficient (Wildman–Crippen LogP) is 7.95. The second-order valence-corrected chi connectivity index (χ2v) is 18.0. The van der Waals surface area contributed by atoms with Gasteiger partial charge in [-0.3, -0.25) is 4.68 Å². The van der Waals surface area contributed by atoms with Crippen molar-refractivity contribution in [2.24, 2.45) is 0 Å². The average Bonchev–Trinajstić information content (AvgIpc) is 3.98. The number of fused-ring (bicyclic) bond motifs is 1. The average molecular weight is 828 g/mol. The fourth-order valence-corrected chi connectivity index (χ4v) is 8.78. The Hall–Kier alpha value is -5.57. The Labute approximate surface area is 350 Å². The molecule has 1 fully saturated rings. The monoisotopic (exact) mass is 827 g/mol. The molecule has 14 heteroatoms. The fourth-order valence-electron chi connectivity index (χ4n) is 7.80. The molecule has 0 unspecified atom stereocenters. The van der Waals surface area contributed by atoms with E-state index in [1.54, 1.807) is 36.0 Å². The molecule has 1 aliphatic rings. The molecule has 4 atom stereocenters. The van der Waals surface area contributed by atoms with Crippen molar-refractivity contribution in [2.45, 2.75) is 68.2 Å². The summed E-state index contributed by atoms with van der Waals surface area (Å²) in [6.45, 7) is 6.47. The van der Waals surface area contributed by atoms with Crippen LogP contribution in [0.25, 0.3) is 11.2 Å². The summed E-state index contributed by atoms with van der Waals surface area (Å²) in [4.78, 5) is 13.9. The van der Waals surface area contributed by atoms with Gasteiger partial charge in [-0.25, -0.2) is 4.98 Å². The minimum absolute atomic E-state index is 0.000366. The normalized spacial score (nSPS) is 18.4. The molecule has 8 rings (SSSR count). The number of ether oxygens (including phenoxy) is 2. The van der Waals surface area contributed by atoms with Crippen LogP contribution in [0.2, 0.25) is 10.3 Å². The van der Waals surface area contributed by atoms with E-state index in [4.69, 9.17) is 35.6 Å². The fraction of sp³-hybridized carbons (Fsp3) is 0.289. The largest absolute Gasteiger partial charge is 0.497 e. The summed E-state index contributed by atoms with van der Waals surface area (Å²) < 4.78 is 21.4. The van der Waals surface area contributed by atoms with Crippen LogP contribution >= 0.6 is 11.6 Å². The Balaban J connectivity index is 1.13. The van der Waals surface area contributed by atoms with E-state index in [-0.39, 0.29) is 26.1 Å². The third-order valence-electron chi connectivity index (χ3n) is 10.8. The molecular formula is C45H46ClN7O5Si. The third-order valence-corrected chi connectivity index (χ3v) is 12.0. The van der Waals surface area contributed by atoms with E-state index in [1.807, 2.05) is 91.1 Å². The number of hydrogen-bond acceptors (Lipinski definition) is 10. The lowest BCUT2D eigenvalue weighted by atomic mass is 9.82. The van der Waals surface area contributed by atoms with Gasteiger partial charge in [-0.2, -0.15) is 15.1 Å². The van der Waals surface area contributed by atoms with E-state index in [1.165, 1.54) is 0 Å². The topological polar surface area (TPSA) is 142 Å². The Morgan fingerprint density at radius 1 is 0.763 bits per heavy atom. The van der Waals surface area contributed by atoms with Gasteiger partial charge in [-0.05, 0) is 69.6 Å². The van der Waals surface area contributed by atoms with Crippen LogP contribution < -0.4 is 14.8 Å². The van der Waals surface area contributed by atoms with E-state index in [2.05, 4.69) is 60.3 Å². The lowest BCUT2D eigenvalue weighted by Gasteiger charge is -2.36. The van der Waals surface area contributed by atoms with Crippen molar-refractivity contribution >= 4 is 38.3 Å². The van der Waals surface area contributed by atoms with E-state index >= 15 is 0 Å². The minimum atomic E-state index is -1.17. The molecular weight excluding hydrogens is 782 g/mol. The molecule has 0 amide bonds. The molecule has 3 heterocycles. The molecule has 7 aromatic rings. The Bertz CT molecular complexity index is 2410. The molecule has 12 nitrogen and oxygen atoms in total. The summed E-state index contributed by atoms with van der Waals surface area (Å²) in [7, 11) is 3.41. The third kappa shape index (κ3) is 7.96. The molecule has 3 N–H and O–H groups in total. The number of hydrogen-bond donors (Lipinski definition) is 3. The maximum atomic E-state index is 11.7. The number of methoxy groups -OCH3 is 2. The van der Waals surface area contributed by atoms with Crippen molar-refractivity contribution in [2.75, 3.05) is 19.5 Å². The van der Waals surface area contributed by atoms with Crippen LogP contribution in [-0.4, -0.2) is 75.7 Å². The molecule has 2 radical (unpaired) electrons. The first-order chi connectivity index (χ1) is 28.5. The highest BCUT2D eigenvalue weighted by molar-refractivity contribution is 6.32. The molecule has 1 aliphatic carbocycles. The zero-order valence-corrected chi connectivity index (χ0v) is 35.2. The Morgan fingerprint density at radius 2 is 1.32 bits per heavy atom. The van der Waals surface area contributed by atoms with Crippen LogP contribution in [0.3, 0.4) is 0 Å². The number of imidazole rings is 1. The SMILES string of the molecule is COc1ccc(C(Nc2nc(Cl)nc3c2ncn3[C@@H]2C[C@H](n3cc(C(O[Si]C(C)(C)C)(c4ccccc4)c4ccccc4)cn3)[C@@H](O)[C@H]2O)c2ccc(OC)cc2)cc1. The maximum absolute atomic E-state index is 11.7. The van der Waals surface area contributed by atoms with Gasteiger partial charge in [0.15, 0.2) is 17.0 Å². The number of aromatic nitrogens is 6. The van der Waals surface area contributed by atoms with Crippen molar-refractivity contribution in [1.82, 2.24) is 29.3 Å². The molecule has 0 saturated heterocycles. The van der Waals surface area contributed by atoms with E-state index in [0.717, 1.165) is 39.3 Å². The first-order valence-electron chi connectivity index (χ1n) is 19.4. The number of halogens is 1.